The highest BCUT2D eigenvalue weighted by Gasteiger charge is 2.40. The van der Waals surface area contributed by atoms with Crippen LogP contribution in [0.5, 0.6) is 0 Å². The van der Waals surface area contributed by atoms with E-state index in [0.717, 1.165) is 29.5 Å². The quantitative estimate of drug-likeness (QED) is 0.413. The lowest BCUT2D eigenvalue weighted by Gasteiger charge is -2.37. The molecular formula is C33H36N2O5. The third kappa shape index (κ3) is 6.10. The van der Waals surface area contributed by atoms with Crippen LogP contribution in [0, 0.1) is 5.92 Å². The highest BCUT2D eigenvalue weighted by atomic mass is 16.5. The van der Waals surface area contributed by atoms with Gasteiger partial charge in [0.15, 0.2) is 0 Å². The molecule has 3 aromatic carbocycles. The number of benzene rings is 3. The Hall–Kier alpha value is -3.97. The molecule has 1 aliphatic heterocycles. The van der Waals surface area contributed by atoms with E-state index >= 15 is 0 Å². The molecule has 3 unspecified atom stereocenters. The van der Waals surface area contributed by atoms with Gasteiger partial charge in [-0.05, 0) is 60.4 Å². The molecule has 1 heterocycles. The van der Waals surface area contributed by atoms with E-state index in [1.807, 2.05) is 66.7 Å². The van der Waals surface area contributed by atoms with E-state index in [9.17, 15) is 14.4 Å². The van der Waals surface area contributed by atoms with Gasteiger partial charge in [-0.3, -0.25) is 14.9 Å². The lowest BCUT2D eigenvalue weighted by Crippen LogP contribution is -2.58. The number of carbonyl (C=O) groups excluding carboxylic acids is 3. The predicted octanol–water partition coefficient (Wildman–Crippen LogP) is 4.01. The summed E-state index contributed by atoms with van der Waals surface area (Å²) in [7, 11) is 0. The predicted molar refractivity (Wildman–Crippen MR) is 151 cm³/mol. The minimum absolute atomic E-state index is 0.0274. The molecule has 0 aromatic heterocycles. The van der Waals surface area contributed by atoms with E-state index in [1.165, 1.54) is 11.1 Å². The maximum atomic E-state index is 13.9. The summed E-state index contributed by atoms with van der Waals surface area (Å²) in [5.74, 6) is -1.07. The van der Waals surface area contributed by atoms with Crippen molar-refractivity contribution in [3.63, 3.8) is 0 Å². The van der Waals surface area contributed by atoms with Crippen molar-refractivity contribution in [1.82, 2.24) is 10.2 Å². The summed E-state index contributed by atoms with van der Waals surface area (Å²) in [6, 6.07) is 23.4. The summed E-state index contributed by atoms with van der Waals surface area (Å²) in [4.78, 5) is 42.0. The summed E-state index contributed by atoms with van der Waals surface area (Å²) >= 11 is 0. The highest BCUT2D eigenvalue weighted by molar-refractivity contribution is 5.89. The molecule has 7 heteroatoms. The van der Waals surface area contributed by atoms with Crippen molar-refractivity contribution < 1.29 is 23.9 Å². The molecule has 0 fully saturated rings. The first kappa shape index (κ1) is 27.6. The van der Waals surface area contributed by atoms with Crippen LogP contribution in [0.1, 0.15) is 41.7 Å². The fourth-order valence-corrected chi connectivity index (χ4v) is 5.84. The minimum atomic E-state index is -0.757. The third-order valence-corrected chi connectivity index (χ3v) is 7.92. The highest BCUT2D eigenvalue weighted by Crippen LogP contribution is 2.30. The molecule has 0 bridgehead atoms. The fourth-order valence-electron chi connectivity index (χ4n) is 5.84. The molecule has 1 amide bonds. The first-order valence-corrected chi connectivity index (χ1v) is 14.0. The molecule has 1 N–H and O–H groups in total. The van der Waals surface area contributed by atoms with E-state index in [0.29, 0.717) is 13.0 Å². The molecule has 0 spiro atoms. The lowest BCUT2D eigenvalue weighted by molar-refractivity contribution is -0.158. The van der Waals surface area contributed by atoms with Crippen LogP contribution in [0.25, 0.3) is 0 Å². The van der Waals surface area contributed by atoms with Crippen LogP contribution < -0.4 is 5.32 Å². The van der Waals surface area contributed by atoms with Crippen LogP contribution in [0.15, 0.2) is 78.9 Å². The fraction of sp³-hybridized carbons (Fsp3) is 0.364. The number of nitrogens with one attached hydrogen (secondary N) is 1. The number of carbonyl (C=O) groups is 3. The first-order chi connectivity index (χ1) is 19.4. The molecule has 3 atom stereocenters. The Labute approximate surface area is 235 Å². The molecule has 0 saturated carbocycles. The summed E-state index contributed by atoms with van der Waals surface area (Å²) in [5, 5.41) is 3.30. The topological polar surface area (TPSA) is 84.9 Å². The van der Waals surface area contributed by atoms with Gasteiger partial charge in [0.2, 0.25) is 5.91 Å². The normalized spacial score (nSPS) is 17.9. The van der Waals surface area contributed by atoms with Gasteiger partial charge in [0.05, 0.1) is 12.6 Å². The van der Waals surface area contributed by atoms with Crippen molar-refractivity contribution in [2.24, 2.45) is 5.92 Å². The molecule has 3 aromatic rings. The number of ether oxygens (including phenoxy) is 2. The van der Waals surface area contributed by atoms with Crippen molar-refractivity contribution in [3.05, 3.63) is 107 Å². The summed E-state index contributed by atoms with van der Waals surface area (Å²) in [6.45, 7) is 4.23. The number of rotatable bonds is 9. The Morgan fingerprint density at radius 1 is 0.825 bits per heavy atom. The van der Waals surface area contributed by atoms with Crippen LogP contribution in [0.3, 0.4) is 0 Å². The van der Waals surface area contributed by atoms with Crippen LogP contribution in [0.2, 0.25) is 0 Å². The Balaban J connectivity index is 1.33. The molecule has 1 aliphatic carbocycles. The second kappa shape index (κ2) is 12.5. The zero-order chi connectivity index (χ0) is 28.1. The molecule has 0 radical (unpaired) electrons. The van der Waals surface area contributed by atoms with Gasteiger partial charge in [-0.1, -0.05) is 78.9 Å². The smallest absolute Gasteiger partial charge is 0.329 e. The number of fused-ring (bicyclic) bond motifs is 2. The van der Waals surface area contributed by atoms with E-state index in [2.05, 4.69) is 17.4 Å². The molecular weight excluding hydrogens is 504 g/mol. The van der Waals surface area contributed by atoms with E-state index in [1.54, 1.807) is 18.7 Å². The van der Waals surface area contributed by atoms with Gasteiger partial charge < -0.3 is 14.4 Å². The van der Waals surface area contributed by atoms with Gasteiger partial charge in [-0.2, -0.15) is 0 Å². The van der Waals surface area contributed by atoms with Gasteiger partial charge in [0, 0.05) is 13.0 Å². The largest absolute Gasteiger partial charge is 0.465 e. The zero-order valence-corrected chi connectivity index (χ0v) is 23.0. The van der Waals surface area contributed by atoms with Gasteiger partial charge in [-0.25, -0.2) is 4.79 Å². The molecule has 7 nitrogen and oxygen atoms in total. The minimum Gasteiger partial charge on any atom is -0.465 e. The van der Waals surface area contributed by atoms with Crippen molar-refractivity contribution in [3.8, 4) is 0 Å². The molecule has 5 rings (SSSR count). The number of hydrogen-bond acceptors (Lipinski definition) is 6. The molecule has 40 heavy (non-hydrogen) atoms. The van der Waals surface area contributed by atoms with Gasteiger partial charge in [-0.15, -0.1) is 0 Å². The Kier molecular flexibility index (Phi) is 8.60. The first-order valence-electron chi connectivity index (χ1n) is 14.0. The van der Waals surface area contributed by atoms with Crippen LogP contribution in [0.4, 0.5) is 0 Å². The summed E-state index contributed by atoms with van der Waals surface area (Å²) in [6.07, 6.45) is 1.85. The monoisotopic (exact) mass is 540 g/mol. The van der Waals surface area contributed by atoms with Crippen molar-refractivity contribution in [1.29, 1.82) is 0 Å². The van der Waals surface area contributed by atoms with Gasteiger partial charge >= 0.3 is 11.9 Å². The second-order valence-electron chi connectivity index (χ2n) is 10.6. The van der Waals surface area contributed by atoms with Gasteiger partial charge in [0.25, 0.3) is 0 Å². The Morgan fingerprint density at radius 2 is 1.40 bits per heavy atom. The van der Waals surface area contributed by atoms with E-state index < -0.39 is 24.1 Å². The van der Waals surface area contributed by atoms with Gasteiger partial charge in [0.1, 0.15) is 18.7 Å². The molecule has 0 saturated heterocycles. The van der Waals surface area contributed by atoms with Crippen LogP contribution in [-0.4, -0.2) is 47.5 Å². The Morgan fingerprint density at radius 3 is 2.02 bits per heavy atom. The zero-order valence-electron chi connectivity index (χ0n) is 23.0. The number of amides is 1. The molecule has 208 valence electrons. The number of esters is 2. The number of nitrogens with zero attached hydrogens (tertiary/aromatic N) is 1. The van der Waals surface area contributed by atoms with Crippen molar-refractivity contribution in [2.45, 2.75) is 64.4 Å². The maximum absolute atomic E-state index is 13.9. The maximum Gasteiger partial charge on any atom is 0.329 e. The molecule has 2 aliphatic rings. The average molecular weight is 541 g/mol. The van der Waals surface area contributed by atoms with Crippen molar-refractivity contribution >= 4 is 17.8 Å². The lowest BCUT2D eigenvalue weighted by atomic mass is 9.92. The van der Waals surface area contributed by atoms with E-state index in [4.69, 9.17) is 9.47 Å². The summed E-state index contributed by atoms with van der Waals surface area (Å²) in [5.41, 5.74) is 5.35. The van der Waals surface area contributed by atoms with Crippen LogP contribution in [-0.2, 0) is 56.3 Å². The standard InChI is InChI=1S/C33H36N2O5/c1-3-39-33(38)30(28-17-24-13-7-8-14-25(24)18-28)34-22(2)31(36)35-20-27-16-10-9-15-26(27)19-29(35)32(37)40-21-23-11-5-4-6-12-23/h4-16,22,28-30,34H,3,17-21H2,1-2H3. The number of hydrogen-bond donors (Lipinski definition) is 1. The Bertz CT molecular complexity index is 1330. The third-order valence-electron chi connectivity index (χ3n) is 7.92. The average Bonchev–Trinajstić information content (AvgIpc) is 3.42. The van der Waals surface area contributed by atoms with Crippen molar-refractivity contribution in [2.75, 3.05) is 6.61 Å². The van der Waals surface area contributed by atoms with Crippen LogP contribution >= 0.6 is 0 Å². The SMILES string of the molecule is CCOC(=O)C(NC(C)C(=O)N1Cc2ccccc2CC1C(=O)OCc1ccccc1)C1Cc2ccccc2C1. The van der Waals surface area contributed by atoms with E-state index in [-0.39, 0.29) is 31.0 Å². The summed E-state index contributed by atoms with van der Waals surface area (Å²) < 4.78 is 11.1. The second-order valence-corrected chi connectivity index (χ2v) is 10.6.